The molecule has 0 N–H and O–H groups in total. The number of fused-ring (bicyclic) bond motifs is 1. The largest absolute Gasteiger partial charge is 0.415 e. The van der Waals surface area contributed by atoms with E-state index in [-0.39, 0.29) is 23.7 Å². The zero-order valence-corrected chi connectivity index (χ0v) is 23.0. The molecule has 7 rings (SSSR count). The van der Waals surface area contributed by atoms with Gasteiger partial charge in [0.05, 0.1) is 48.1 Å². The number of piperazine rings is 1. The second-order valence-corrected chi connectivity index (χ2v) is 10.5. The third-order valence-electron chi connectivity index (χ3n) is 7.94. The highest BCUT2D eigenvalue weighted by Crippen LogP contribution is 2.28. The van der Waals surface area contributed by atoms with E-state index in [9.17, 15) is 13.6 Å². The number of anilines is 1. The molecule has 0 spiro atoms. The molecule has 15 heteroatoms. The van der Waals surface area contributed by atoms with Gasteiger partial charge in [-0.15, -0.1) is 10.2 Å². The number of ether oxygens (including phenoxy) is 1. The molecule has 1 aromatic carbocycles. The van der Waals surface area contributed by atoms with Gasteiger partial charge in [0.2, 0.25) is 11.8 Å². The topological polar surface area (TPSA) is 120 Å². The summed E-state index contributed by atoms with van der Waals surface area (Å²) in [6.45, 7) is 5.07. The molecule has 6 heterocycles. The van der Waals surface area contributed by atoms with Gasteiger partial charge in [0.1, 0.15) is 5.82 Å². The fraction of sp³-hybridized carbons (Fsp3) is 0.357. The second-order valence-electron chi connectivity index (χ2n) is 10.5. The Balaban J connectivity index is 1.10. The highest BCUT2D eigenvalue weighted by molar-refractivity contribution is 5.83. The van der Waals surface area contributed by atoms with Crippen molar-refractivity contribution in [3.63, 3.8) is 0 Å². The molecule has 4 aromatic heterocycles. The first-order valence-corrected chi connectivity index (χ1v) is 13.7. The average molecular weight is 594 g/mol. The van der Waals surface area contributed by atoms with E-state index in [2.05, 4.69) is 34.9 Å². The lowest BCUT2D eigenvalue weighted by molar-refractivity contribution is -0.0661. The number of nitrogens with zero attached hydrogens (tertiary/aromatic N) is 9. The standard InChI is InChI=1S/C28H26F3N9O3/c1-37-22-8-20(17-11-33-27(34-12-17)39-6-4-38(5-7-39)19-14-42-15-19)21(29)9-23(22)40(28(37)41)13-18-3-2-16(10-32-18)25-35-36-26(43-25)24(30)31/h2-3,8-12,19,24H,4-7,13-15H2,1H3. The van der Waals surface area contributed by atoms with Crippen LogP contribution in [-0.2, 0) is 18.3 Å². The van der Waals surface area contributed by atoms with Crippen molar-refractivity contribution in [1.29, 1.82) is 0 Å². The fourth-order valence-electron chi connectivity index (χ4n) is 5.39. The van der Waals surface area contributed by atoms with Crippen LogP contribution in [0.2, 0.25) is 0 Å². The zero-order valence-electron chi connectivity index (χ0n) is 23.0. The van der Waals surface area contributed by atoms with Crippen LogP contribution in [0.5, 0.6) is 0 Å². The summed E-state index contributed by atoms with van der Waals surface area (Å²) in [5.41, 5.74) is 2.20. The number of halogens is 3. The summed E-state index contributed by atoms with van der Waals surface area (Å²) in [7, 11) is 1.62. The van der Waals surface area contributed by atoms with Crippen LogP contribution in [0.3, 0.4) is 0 Å². The Morgan fingerprint density at radius 1 is 0.953 bits per heavy atom. The predicted octanol–water partition coefficient (Wildman–Crippen LogP) is 2.89. The van der Waals surface area contributed by atoms with Gasteiger partial charge in [-0.05, 0) is 18.2 Å². The van der Waals surface area contributed by atoms with E-state index in [1.54, 1.807) is 37.6 Å². The minimum Gasteiger partial charge on any atom is -0.415 e. The first-order chi connectivity index (χ1) is 20.9. The van der Waals surface area contributed by atoms with Crippen LogP contribution in [0, 0.1) is 5.82 Å². The van der Waals surface area contributed by atoms with Crippen LogP contribution >= 0.6 is 0 Å². The molecular formula is C28H26F3N9O3. The quantitative estimate of drug-likeness (QED) is 0.279. The number of hydrogen-bond donors (Lipinski definition) is 0. The van der Waals surface area contributed by atoms with E-state index in [1.807, 2.05) is 0 Å². The number of aromatic nitrogens is 7. The molecule has 2 fully saturated rings. The molecular weight excluding hydrogens is 567 g/mol. The average Bonchev–Trinajstić information content (AvgIpc) is 3.57. The Morgan fingerprint density at radius 3 is 2.33 bits per heavy atom. The van der Waals surface area contributed by atoms with Crippen molar-refractivity contribution in [2.45, 2.75) is 19.0 Å². The van der Waals surface area contributed by atoms with E-state index < -0.39 is 18.1 Å². The molecule has 222 valence electrons. The summed E-state index contributed by atoms with van der Waals surface area (Å²) in [4.78, 5) is 31.0. The van der Waals surface area contributed by atoms with E-state index in [4.69, 9.17) is 9.15 Å². The SMILES string of the molecule is Cn1c(=O)n(Cc2ccc(-c3nnc(C(F)F)o3)cn2)c2cc(F)c(-c3cnc(N4CCN(C5COC5)CC4)nc3)cc21. The van der Waals surface area contributed by atoms with Crippen LogP contribution in [-0.4, -0.2) is 84.6 Å². The minimum atomic E-state index is -2.88. The molecule has 0 aliphatic carbocycles. The number of aryl methyl sites for hydroxylation is 1. The van der Waals surface area contributed by atoms with Gasteiger partial charge in [0, 0.05) is 69.0 Å². The van der Waals surface area contributed by atoms with Gasteiger partial charge in [-0.1, -0.05) is 0 Å². The number of alkyl halides is 2. The Hall–Kier alpha value is -4.63. The Kier molecular flexibility index (Phi) is 6.89. The van der Waals surface area contributed by atoms with Gasteiger partial charge < -0.3 is 14.1 Å². The Bertz CT molecular complexity index is 1820. The molecule has 0 atom stereocenters. The molecule has 2 aliphatic heterocycles. The normalized spacial score (nSPS) is 16.3. The molecule has 0 unspecified atom stereocenters. The molecule has 0 amide bonds. The molecule has 12 nitrogen and oxygen atoms in total. The monoisotopic (exact) mass is 593 g/mol. The van der Waals surface area contributed by atoms with Gasteiger partial charge in [0.15, 0.2) is 0 Å². The maximum atomic E-state index is 15.5. The Labute approximate surface area is 242 Å². The van der Waals surface area contributed by atoms with Crippen LogP contribution in [0.1, 0.15) is 18.0 Å². The van der Waals surface area contributed by atoms with E-state index in [0.29, 0.717) is 39.8 Å². The first-order valence-electron chi connectivity index (χ1n) is 13.7. The molecule has 0 radical (unpaired) electrons. The molecule has 0 bridgehead atoms. The van der Waals surface area contributed by atoms with Gasteiger partial charge >= 0.3 is 12.1 Å². The molecule has 5 aromatic rings. The third kappa shape index (κ3) is 5.03. The van der Waals surface area contributed by atoms with Gasteiger partial charge in [-0.3, -0.25) is 19.0 Å². The third-order valence-corrected chi connectivity index (χ3v) is 7.94. The maximum Gasteiger partial charge on any atom is 0.329 e. The van der Waals surface area contributed by atoms with Crippen LogP contribution in [0.15, 0.2) is 52.1 Å². The smallest absolute Gasteiger partial charge is 0.329 e. The summed E-state index contributed by atoms with van der Waals surface area (Å²) in [5.74, 6) is -0.793. The fourth-order valence-corrected chi connectivity index (χ4v) is 5.39. The van der Waals surface area contributed by atoms with Crippen LogP contribution in [0.4, 0.5) is 19.1 Å². The van der Waals surface area contributed by atoms with Crippen molar-refractivity contribution in [3.8, 4) is 22.6 Å². The maximum absolute atomic E-state index is 15.5. The zero-order chi connectivity index (χ0) is 29.7. The van der Waals surface area contributed by atoms with E-state index in [1.165, 1.54) is 21.4 Å². The number of hydrogen-bond acceptors (Lipinski definition) is 10. The van der Waals surface area contributed by atoms with Crippen molar-refractivity contribution >= 4 is 17.0 Å². The number of rotatable bonds is 7. The lowest BCUT2D eigenvalue weighted by atomic mass is 10.1. The highest BCUT2D eigenvalue weighted by Gasteiger charge is 2.29. The predicted molar refractivity (Wildman–Crippen MR) is 148 cm³/mol. The lowest BCUT2D eigenvalue weighted by Gasteiger charge is -2.42. The van der Waals surface area contributed by atoms with Crippen molar-refractivity contribution in [3.05, 3.63) is 70.7 Å². The van der Waals surface area contributed by atoms with E-state index >= 15 is 4.39 Å². The number of imidazole rings is 1. The summed E-state index contributed by atoms with van der Waals surface area (Å²) in [6, 6.07) is 6.62. The van der Waals surface area contributed by atoms with Gasteiger partial charge in [-0.25, -0.2) is 19.2 Å². The van der Waals surface area contributed by atoms with Gasteiger partial charge in [-0.2, -0.15) is 8.78 Å². The van der Waals surface area contributed by atoms with Crippen LogP contribution in [0.25, 0.3) is 33.6 Å². The molecule has 0 saturated carbocycles. The van der Waals surface area contributed by atoms with Crippen molar-refractivity contribution in [1.82, 2.24) is 39.2 Å². The number of benzene rings is 1. The molecule has 2 saturated heterocycles. The summed E-state index contributed by atoms with van der Waals surface area (Å²) < 4.78 is 54.1. The minimum absolute atomic E-state index is 0.0558. The lowest BCUT2D eigenvalue weighted by Crippen LogP contribution is -2.56. The summed E-state index contributed by atoms with van der Waals surface area (Å²) in [5, 5.41) is 6.92. The van der Waals surface area contributed by atoms with Crippen LogP contribution < -0.4 is 10.6 Å². The summed E-state index contributed by atoms with van der Waals surface area (Å²) >= 11 is 0. The number of pyridine rings is 1. The second kappa shape index (κ2) is 10.9. The van der Waals surface area contributed by atoms with E-state index in [0.717, 1.165) is 39.4 Å². The Morgan fingerprint density at radius 2 is 1.70 bits per heavy atom. The highest BCUT2D eigenvalue weighted by atomic mass is 19.3. The summed E-state index contributed by atoms with van der Waals surface area (Å²) in [6.07, 6.45) is 1.72. The molecule has 43 heavy (non-hydrogen) atoms. The first kappa shape index (κ1) is 27.2. The van der Waals surface area contributed by atoms with Crippen molar-refractivity contribution in [2.24, 2.45) is 7.05 Å². The van der Waals surface area contributed by atoms with Crippen molar-refractivity contribution in [2.75, 3.05) is 44.3 Å². The van der Waals surface area contributed by atoms with Crippen molar-refractivity contribution < 1.29 is 22.3 Å². The van der Waals surface area contributed by atoms with Gasteiger partial charge in [0.25, 0.3) is 5.89 Å². The molecule has 2 aliphatic rings.